The van der Waals surface area contributed by atoms with E-state index < -0.39 is 0 Å². The summed E-state index contributed by atoms with van der Waals surface area (Å²) in [5.74, 6) is 3.05. The van der Waals surface area contributed by atoms with Crippen molar-refractivity contribution in [3.63, 3.8) is 0 Å². The molecule has 5 nitrogen and oxygen atoms in total. The maximum absolute atomic E-state index is 6.02. The number of rotatable bonds is 2. The van der Waals surface area contributed by atoms with Gasteiger partial charge in [0.05, 0.1) is 11.4 Å². The third-order valence-corrected chi connectivity index (χ3v) is 4.12. The lowest BCUT2D eigenvalue weighted by Gasteiger charge is -2.33. The van der Waals surface area contributed by atoms with Gasteiger partial charge in [-0.25, -0.2) is 15.0 Å². The fourth-order valence-electron chi connectivity index (χ4n) is 2.76. The normalized spacial score (nSPS) is 13.6. The number of aromatic nitrogens is 3. The fraction of sp³-hybridized carbons (Fsp3) is 0.167. The van der Waals surface area contributed by atoms with Gasteiger partial charge in [-0.2, -0.15) is 0 Å². The molecule has 1 aliphatic rings. The molecule has 0 atom stereocenters. The van der Waals surface area contributed by atoms with Gasteiger partial charge in [-0.05, 0) is 24.6 Å². The molecule has 3 heterocycles. The van der Waals surface area contributed by atoms with Crippen molar-refractivity contribution >= 4 is 22.5 Å². The molecule has 1 aliphatic heterocycles. The third kappa shape index (κ3) is 2.25. The van der Waals surface area contributed by atoms with E-state index in [-0.39, 0.29) is 0 Å². The van der Waals surface area contributed by atoms with Crippen LogP contribution in [0.2, 0.25) is 0 Å². The Morgan fingerprint density at radius 2 is 2.00 bits per heavy atom. The highest BCUT2D eigenvalue weighted by atomic mass is 15.2. The molecule has 23 heavy (non-hydrogen) atoms. The molecule has 4 rings (SSSR count). The monoisotopic (exact) mass is 301 g/mol. The lowest BCUT2D eigenvalue weighted by atomic mass is 10.1. The van der Waals surface area contributed by atoms with Gasteiger partial charge < -0.3 is 10.6 Å². The summed E-state index contributed by atoms with van der Waals surface area (Å²) >= 11 is 0. The van der Waals surface area contributed by atoms with E-state index in [1.54, 1.807) is 0 Å². The Morgan fingerprint density at radius 3 is 2.74 bits per heavy atom. The van der Waals surface area contributed by atoms with Crippen LogP contribution in [0.5, 0.6) is 0 Å². The van der Waals surface area contributed by atoms with E-state index in [0.29, 0.717) is 11.3 Å². The number of nitrogens with zero attached hydrogens (tertiary/aromatic N) is 4. The van der Waals surface area contributed by atoms with Crippen molar-refractivity contribution in [1.29, 1.82) is 0 Å². The van der Waals surface area contributed by atoms with Gasteiger partial charge in [0.1, 0.15) is 17.4 Å². The number of nitrogen functional groups attached to an aromatic ring is 1. The standard InChI is InChI=1S/C18H15N5/c1-2-12-5-3-6-13(9-12)14-10-15(23-7-4-8-23)16-17(22-14)18(19)21-11-20-16/h1,3,5-6,9-11H,4,7-8H2,(H2,19,20,21). The van der Waals surface area contributed by atoms with E-state index in [9.17, 15) is 0 Å². The van der Waals surface area contributed by atoms with Crippen molar-refractivity contribution < 1.29 is 0 Å². The smallest absolute Gasteiger partial charge is 0.153 e. The number of terminal acetylenes is 1. The fourth-order valence-corrected chi connectivity index (χ4v) is 2.76. The molecule has 5 heteroatoms. The minimum Gasteiger partial charge on any atom is -0.382 e. The number of pyridine rings is 1. The van der Waals surface area contributed by atoms with E-state index in [4.69, 9.17) is 12.2 Å². The van der Waals surface area contributed by atoms with Gasteiger partial charge in [-0.15, -0.1) is 6.42 Å². The number of nitrogens with two attached hydrogens (primary N) is 1. The predicted molar refractivity (Wildman–Crippen MR) is 91.9 cm³/mol. The summed E-state index contributed by atoms with van der Waals surface area (Å²) < 4.78 is 0. The highest BCUT2D eigenvalue weighted by molar-refractivity contribution is 5.96. The summed E-state index contributed by atoms with van der Waals surface area (Å²) in [7, 11) is 0. The van der Waals surface area contributed by atoms with Crippen molar-refractivity contribution in [2.45, 2.75) is 6.42 Å². The molecule has 112 valence electrons. The number of fused-ring (bicyclic) bond motifs is 1. The van der Waals surface area contributed by atoms with Crippen LogP contribution in [-0.4, -0.2) is 28.0 Å². The molecule has 2 N–H and O–H groups in total. The summed E-state index contributed by atoms with van der Waals surface area (Å²) in [5.41, 5.74) is 11.1. The minimum atomic E-state index is 0.395. The van der Waals surface area contributed by atoms with Gasteiger partial charge in [0.15, 0.2) is 5.82 Å². The van der Waals surface area contributed by atoms with Crippen LogP contribution in [0.25, 0.3) is 22.3 Å². The van der Waals surface area contributed by atoms with Crippen LogP contribution in [0.3, 0.4) is 0 Å². The first-order valence-electron chi connectivity index (χ1n) is 7.49. The summed E-state index contributed by atoms with van der Waals surface area (Å²) in [6.45, 7) is 2.04. The molecule has 0 radical (unpaired) electrons. The maximum atomic E-state index is 6.02. The van der Waals surface area contributed by atoms with Crippen molar-refractivity contribution in [1.82, 2.24) is 15.0 Å². The lowest BCUT2D eigenvalue weighted by molar-refractivity contribution is 0.619. The molecule has 0 spiro atoms. The largest absolute Gasteiger partial charge is 0.382 e. The molecule has 0 bridgehead atoms. The zero-order chi connectivity index (χ0) is 15.8. The van der Waals surface area contributed by atoms with Crippen molar-refractivity contribution in [3.8, 4) is 23.6 Å². The Balaban J connectivity index is 1.96. The molecule has 0 aliphatic carbocycles. The number of hydrogen-bond acceptors (Lipinski definition) is 5. The van der Waals surface area contributed by atoms with E-state index in [1.807, 2.05) is 24.3 Å². The van der Waals surface area contributed by atoms with Crippen LogP contribution in [0.15, 0.2) is 36.7 Å². The summed E-state index contributed by atoms with van der Waals surface area (Å²) in [6, 6.07) is 9.84. The van der Waals surface area contributed by atoms with Crippen LogP contribution >= 0.6 is 0 Å². The van der Waals surface area contributed by atoms with Gasteiger partial charge in [-0.1, -0.05) is 18.1 Å². The third-order valence-electron chi connectivity index (χ3n) is 4.12. The SMILES string of the molecule is C#Cc1cccc(-c2cc(N3CCC3)c3ncnc(N)c3n2)c1. The molecule has 3 aromatic rings. The average molecular weight is 301 g/mol. The van der Waals surface area contributed by atoms with Gasteiger partial charge in [0, 0.05) is 24.2 Å². The Labute approximate surface area is 134 Å². The molecule has 1 saturated heterocycles. The highest BCUT2D eigenvalue weighted by Crippen LogP contribution is 2.33. The number of anilines is 2. The number of hydrogen-bond donors (Lipinski definition) is 1. The Bertz CT molecular complexity index is 938. The lowest BCUT2D eigenvalue weighted by Crippen LogP contribution is -2.37. The van der Waals surface area contributed by atoms with Crippen LogP contribution in [0, 0.1) is 12.3 Å². The van der Waals surface area contributed by atoms with E-state index in [0.717, 1.165) is 41.1 Å². The molecule has 1 fully saturated rings. The molecule has 0 amide bonds. The van der Waals surface area contributed by atoms with Crippen molar-refractivity contribution in [3.05, 3.63) is 42.2 Å². The summed E-state index contributed by atoms with van der Waals surface area (Å²) in [4.78, 5) is 15.4. The van der Waals surface area contributed by atoms with E-state index in [1.165, 1.54) is 12.7 Å². The van der Waals surface area contributed by atoms with Crippen LogP contribution < -0.4 is 10.6 Å². The summed E-state index contributed by atoms with van der Waals surface area (Å²) in [5, 5.41) is 0. The molecule has 1 aromatic carbocycles. The highest BCUT2D eigenvalue weighted by Gasteiger charge is 2.20. The quantitative estimate of drug-likeness (QED) is 0.736. The minimum absolute atomic E-state index is 0.395. The molecule has 0 saturated carbocycles. The second kappa shape index (κ2) is 5.25. The first kappa shape index (κ1) is 13.5. The predicted octanol–water partition coefficient (Wildman–Crippen LogP) is 2.47. The summed E-state index contributed by atoms with van der Waals surface area (Å²) in [6.07, 6.45) is 8.18. The maximum Gasteiger partial charge on any atom is 0.153 e. The second-order valence-corrected chi connectivity index (χ2v) is 5.55. The molecule has 0 unspecified atom stereocenters. The molecular weight excluding hydrogens is 286 g/mol. The Hall–Kier alpha value is -3.13. The number of benzene rings is 1. The van der Waals surface area contributed by atoms with E-state index in [2.05, 4.69) is 31.8 Å². The second-order valence-electron chi connectivity index (χ2n) is 5.55. The Kier molecular flexibility index (Phi) is 3.09. The van der Waals surface area contributed by atoms with Gasteiger partial charge in [0.2, 0.25) is 0 Å². The zero-order valence-electron chi connectivity index (χ0n) is 12.5. The molecular formula is C18H15N5. The van der Waals surface area contributed by atoms with Crippen molar-refractivity contribution in [2.75, 3.05) is 23.7 Å². The first-order valence-corrected chi connectivity index (χ1v) is 7.49. The van der Waals surface area contributed by atoms with Gasteiger partial charge >= 0.3 is 0 Å². The van der Waals surface area contributed by atoms with Crippen LogP contribution in [0.4, 0.5) is 11.5 Å². The average Bonchev–Trinajstić information content (AvgIpc) is 2.54. The topological polar surface area (TPSA) is 67.9 Å². The van der Waals surface area contributed by atoms with Crippen molar-refractivity contribution in [2.24, 2.45) is 0 Å². The first-order chi connectivity index (χ1) is 11.3. The molecule has 2 aromatic heterocycles. The zero-order valence-corrected chi connectivity index (χ0v) is 12.5. The van der Waals surface area contributed by atoms with Crippen LogP contribution in [0.1, 0.15) is 12.0 Å². The Morgan fingerprint density at radius 1 is 1.13 bits per heavy atom. The van der Waals surface area contributed by atoms with E-state index >= 15 is 0 Å². The van der Waals surface area contributed by atoms with Crippen LogP contribution in [-0.2, 0) is 0 Å². The van der Waals surface area contributed by atoms with Gasteiger partial charge in [0.25, 0.3) is 0 Å². The van der Waals surface area contributed by atoms with Gasteiger partial charge in [-0.3, -0.25) is 0 Å².